The van der Waals surface area contributed by atoms with Gasteiger partial charge in [-0.15, -0.1) is 0 Å². The Kier molecular flexibility index (Phi) is 5.62. The summed E-state index contributed by atoms with van der Waals surface area (Å²) >= 11 is 0. The highest BCUT2D eigenvalue weighted by Gasteiger charge is 2.21. The molecule has 1 saturated heterocycles. The summed E-state index contributed by atoms with van der Waals surface area (Å²) in [5, 5.41) is 10.9. The van der Waals surface area contributed by atoms with Crippen LogP contribution in [0.1, 0.15) is 12.5 Å². The first kappa shape index (κ1) is 19.2. The Morgan fingerprint density at radius 2 is 1.93 bits per heavy atom. The van der Waals surface area contributed by atoms with E-state index in [-0.39, 0.29) is 12.4 Å². The Morgan fingerprint density at radius 1 is 1.17 bits per heavy atom. The van der Waals surface area contributed by atoms with Crippen LogP contribution in [0.25, 0.3) is 10.9 Å². The van der Waals surface area contributed by atoms with Crippen LogP contribution in [0.15, 0.2) is 42.7 Å². The Labute approximate surface area is 169 Å². The molecule has 1 N–H and O–H groups in total. The average molecular weight is 395 g/mol. The lowest BCUT2D eigenvalue weighted by Crippen LogP contribution is -2.46. The highest BCUT2D eigenvalue weighted by Crippen LogP contribution is 2.27. The van der Waals surface area contributed by atoms with Crippen molar-refractivity contribution < 1.29 is 14.6 Å². The van der Waals surface area contributed by atoms with E-state index in [1.54, 1.807) is 19.3 Å². The standard InChI is InChI=1S/C21H25N5O3/c1-2-29-19(27)15-26-14-18-17(20(26)28)12-22-21(23-18)25-10-8-24(9-11-25)13-16-6-4-3-5-7-16/h3-7,12,14,28H,2,8-11,13,15H2,1H3. The zero-order valence-corrected chi connectivity index (χ0v) is 16.5. The molecule has 0 saturated carbocycles. The maximum absolute atomic E-state index is 11.7. The van der Waals surface area contributed by atoms with Gasteiger partial charge >= 0.3 is 5.97 Å². The fourth-order valence-electron chi connectivity index (χ4n) is 3.59. The third-order valence-corrected chi connectivity index (χ3v) is 5.11. The molecule has 152 valence electrons. The van der Waals surface area contributed by atoms with Crippen LogP contribution >= 0.6 is 0 Å². The largest absolute Gasteiger partial charge is 0.494 e. The summed E-state index contributed by atoms with van der Waals surface area (Å²) < 4.78 is 6.39. The smallest absolute Gasteiger partial charge is 0.326 e. The van der Waals surface area contributed by atoms with Crippen molar-refractivity contribution in [3.8, 4) is 5.88 Å². The topological polar surface area (TPSA) is 83.7 Å². The molecule has 3 heterocycles. The second-order valence-corrected chi connectivity index (χ2v) is 7.10. The summed E-state index contributed by atoms with van der Waals surface area (Å²) in [5.41, 5.74) is 1.93. The van der Waals surface area contributed by atoms with E-state index in [2.05, 4.69) is 44.0 Å². The molecule has 0 unspecified atom stereocenters. The van der Waals surface area contributed by atoms with Gasteiger partial charge in [0.25, 0.3) is 0 Å². The zero-order chi connectivity index (χ0) is 20.2. The fraction of sp³-hybridized carbons (Fsp3) is 0.381. The number of anilines is 1. The van der Waals surface area contributed by atoms with Gasteiger partial charge in [-0.2, -0.15) is 0 Å². The summed E-state index contributed by atoms with van der Waals surface area (Å²) in [5.74, 6) is 0.225. The molecule has 0 amide bonds. The predicted molar refractivity (Wildman–Crippen MR) is 110 cm³/mol. The first-order chi connectivity index (χ1) is 14.1. The molecule has 8 nitrogen and oxygen atoms in total. The second-order valence-electron chi connectivity index (χ2n) is 7.10. The molecule has 8 heteroatoms. The number of esters is 1. The molecule has 1 fully saturated rings. The molecule has 0 atom stereocenters. The lowest BCUT2D eigenvalue weighted by atomic mass is 10.2. The van der Waals surface area contributed by atoms with Crippen LogP contribution in [0.4, 0.5) is 5.95 Å². The number of aromatic nitrogens is 3. The van der Waals surface area contributed by atoms with Crippen molar-refractivity contribution in [3.63, 3.8) is 0 Å². The van der Waals surface area contributed by atoms with E-state index in [1.807, 2.05) is 6.07 Å². The molecule has 0 aliphatic carbocycles. The Balaban J connectivity index is 1.43. The number of nitrogens with zero attached hydrogens (tertiary/aromatic N) is 5. The molecule has 2 aromatic heterocycles. The van der Waals surface area contributed by atoms with Gasteiger partial charge < -0.3 is 19.3 Å². The van der Waals surface area contributed by atoms with Crippen LogP contribution in [0.5, 0.6) is 5.88 Å². The van der Waals surface area contributed by atoms with Crippen LogP contribution in [-0.4, -0.2) is 63.3 Å². The predicted octanol–water partition coefficient (Wildman–Crippen LogP) is 2.02. The molecule has 3 aromatic rings. The average Bonchev–Trinajstić information content (AvgIpc) is 3.04. The van der Waals surface area contributed by atoms with Crippen LogP contribution < -0.4 is 4.90 Å². The van der Waals surface area contributed by atoms with Gasteiger partial charge in [-0.05, 0) is 12.5 Å². The summed E-state index contributed by atoms with van der Waals surface area (Å²) in [6, 6.07) is 10.5. The van der Waals surface area contributed by atoms with Gasteiger partial charge in [0.2, 0.25) is 11.8 Å². The van der Waals surface area contributed by atoms with Gasteiger partial charge in [0.15, 0.2) is 0 Å². The number of hydrogen-bond donors (Lipinski definition) is 1. The van der Waals surface area contributed by atoms with E-state index < -0.39 is 5.97 Å². The van der Waals surface area contributed by atoms with Gasteiger partial charge in [0.05, 0.1) is 17.5 Å². The maximum atomic E-state index is 11.7. The van der Waals surface area contributed by atoms with Crippen molar-refractivity contribution >= 4 is 22.8 Å². The number of carbonyl (C=O) groups is 1. The molecule has 1 aromatic carbocycles. The molecular formula is C21H25N5O3. The van der Waals surface area contributed by atoms with Crippen molar-refractivity contribution in [1.29, 1.82) is 0 Å². The van der Waals surface area contributed by atoms with Crippen molar-refractivity contribution in [2.75, 3.05) is 37.7 Å². The van der Waals surface area contributed by atoms with Gasteiger partial charge in [-0.25, -0.2) is 9.97 Å². The normalized spacial score (nSPS) is 15.0. The summed E-state index contributed by atoms with van der Waals surface area (Å²) in [7, 11) is 0. The highest BCUT2D eigenvalue weighted by atomic mass is 16.5. The van der Waals surface area contributed by atoms with E-state index in [9.17, 15) is 9.90 Å². The van der Waals surface area contributed by atoms with E-state index in [4.69, 9.17) is 4.74 Å². The number of piperazine rings is 1. The Hall–Kier alpha value is -3.13. The monoisotopic (exact) mass is 395 g/mol. The van der Waals surface area contributed by atoms with Crippen molar-refractivity contribution in [3.05, 3.63) is 48.3 Å². The van der Waals surface area contributed by atoms with E-state index in [1.165, 1.54) is 10.1 Å². The SMILES string of the molecule is CCOC(=O)Cn1cc2nc(N3CCN(Cc4ccccc4)CC3)ncc2c1O. The van der Waals surface area contributed by atoms with Crippen LogP contribution in [0.3, 0.4) is 0 Å². The van der Waals surface area contributed by atoms with Crippen LogP contribution in [0.2, 0.25) is 0 Å². The number of ether oxygens (including phenoxy) is 1. The van der Waals surface area contributed by atoms with Gasteiger partial charge in [-0.3, -0.25) is 9.69 Å². The molecule has 1 aliphatic heterocycles. The third-order valence-electron chi connectivity index (χ3n) is 5.11. The molecule has 0 bridgehead atoms. The lowest BCUT2D eigenvalue weighted by molar-refractivity contribution is -0.143. The molecule has 0 radical (unpaired) electrons. The van der Waals surface area contributed by atoms with E-state index in [0.29, 0.717) is 23.5 Å². The third kappa shape index (κ3) is 4.32. The first-order valence-electron chi connectivity index (χ1n) is 9.85. The number of hydrogen-bond acceptors (Lipinski definition) is 7. The van der Waals surface area contributed by atoms with Gasteiger partial charge in [0.1, 0.15) is 6.54 Å². The Morgan fingerprint density at radius 3 is 2.66 bits per heavy atom. The molecule has 1 aliphatic rings. The fourth-order valence-corrected chi connectivity index (χ4v) is 3.59. The number of aromatic hydroxyl groups is 1. The minimum absolute atomic E-state index is 0.0210. The number of fused-ring (bicyclic) bond motifs is 1. The van der Waals surface area contributed by atoms with Gasteiger partial charge in [-0.1, -0.05) is 30.3 Å². The molecule has 0 spiro atoms. The summed E-state index contributed by atoms with van der Waals surface area (Å²) in [4.78, 5) is 25.3. The first-order valence-corrected chi connectivity index (χ1v) is 9.85. The van der Waals surface area contributed by atoms with Crippen molar-refractivity contribution in [1.82, 2.24) is 19.4 Å². The zero-order valence-electron chi connectivity index (χ0n) is 16.5. The highest BCUT2D eigenvalue weighted by molar-refractivity contribution is 5.85. The minimum atomic E-state index is -0.397. The van der Waals surface area contributed by atoms with Crippen molar-refractivity contribution in [2.45, 2.75) is 20.0 Å². The summed E-state index contributed by atoms with van der Waals surface area (Å²) in [6.45, 7) is 6.50. The minimum Gasteiger partial charge on any atom is -0.494 e. The molecule has 4 rings (SSSR count). The number of carbonyl (C=O) groups excluding carboxylic acids is 1. The quantitative estimate of drug-likeness (QED) is 0.639. The van der Waals surface area contributed by atoms with Crippen LogP contribution in [-0.2, 0) is 22.6 Å². The van der Waals surface area contributed by atoms with Crippen molar-refractivity contribution in [2.24, 2.45) is 0 Å². The molecular weight excluding hydrogens is 370 g/mol. The number of benzene rings is 1. The molecule has 29 heavy (non-hydrogen) atoms. The second kappa shape index (κ2) is 8.48. The Bertz CT molecular complexity index is 981. The lowest BCUT2D eigenvalue weighted by Gasteiger charge is -2.34. The van der Waals surface area contributed by atoms with Crippen LogP contribution in [0, 0.1) is 0 Å². The maximum Gasteiger partial charge on any atom is 0.326 e. The van der Waals surface area contributed by atoms with Gasteiger partial charge in [0, 0.05) is 45.1 Å². The summed E-state index contributed by atoms with van der Waals surface area (Å²) in [6.07, 6.45) is 3.28. The van der Waals surface area contributed by atoms with E-state index >= 15 is 0 Å². The number of rotatable bonds is 6. The van der Waals surface area contributed by atoms with E-state index in [0.717, 1.165) is 32.7 Å².